The Labute approximate surface area is 137 Å². The molecule has 1 aliphatic rings. The predicted molar refractivity (Wildman–Crippen MR) is 91.9 cm³/mol. The zero-order valence-corrected chi connectivity index (χ0v) is 14.4. The first-order valence-corrected chi connectivity index (χ1v) is 9.40. The Morgan fingerprint density at radius 2 is 1.36 bits per heavy atom. The average Bonchev–Trinajstić information content (AvgIpc) is 2.53. The lowest BCUT2D eigenvalue weighted by molar-refractivity contribution is -0.331. The standard InChI is InChI=1S/C19H36O3/c1-2-16-20-18-19-15-13-11-9-7-5-3-4-6-8-10-12-14-17-21-22-19/h2,19H,1,3-18H2. The molecule has 0 aromatic rings. The Hall–Kier alpha value is -0.380. The molecule has 1 unspecified atom stereocenters. The van der Waals surface area contributed by atoms with Crippen LogP contribution >= 0.6 is 0 Å². The van der Waals surface area contributed by atoms with Crippen LogP contribution in [0.3, 0.4) is 0 Å². The first-order valence-electron chi connectivity index (χ1n) is 9.40. The molecule has 22 heavy (non-hydrogen) atoms. The summed E-state index contributed by atoms with van der Waals surface area (Å²) in [6.45, 7) is 5.57. The molecule has 1 rings (SSSR count). The fraction of sp³-hybridized carbons (Fsp3) is 0.895. The van der Waals surface area contributed by atoms with Crippen LogP contribution in [0.25, 0.3) is 0 Å². The van der Waals surface area contributed by atoms with E-state index in [9.17, 15) is 0 Å². The molecule has 1 heterocycles. The van der Waals surface area contributed by atoms with Gasteiger partial charge in [0.2, 0.25) is 0 Å². The van der Waals surface area contributed by atoms with Gasteiger partial charge in [0.15, 0.2) is 0 Å². The van der Waals surface area contributed by atoms with Crippen LogP contribution in [-0.2, 0) is 14.5 Å². The number of hydrogen-bond acceptors (Lipinski definition) is 3. The summed E-state index contributed by atoms with van der Waals surface area (Å²) in [4.78, 5) is 11.0. The van der Waals surface area contributed by atoms with Gasteiger partial charge in [-0.2, -0.15) is 0 Å². The van der Waals surface area contributed by atoms with E-state index >= 15 is 0 Å². The van der Waals surface area contributed by atoms with Gasteiger partial charge in [0, 0.05) is 0 Å². The molecule has 0 amide bonds. The second-order valence-corrected chi connectivity index (χ2v) is 6.40. The van der Waals surface area contributed by atoms with E-state index in [1.165, 1.54) is 70.6 Å². The maximum Gasteiger partial charge on any atom is 0.116 e. The highest BCUT2D eigenvalue weighted by atomic mass is 17.2. The fourth-order valence-electron chi connectivity index (χ4n) is 2.89. The number of rotatable bonds is 4. The second-order valence-electron chi connectivity index (χ2n) is 6.40. The molecule has 0 N–H and O–H groups in total. The van der Waals surface area contributed by atoms with Crippen LogP contribution in [0.15, 0.2) is 12.7 Å². The zero-order valence-electron chi connectivity index (χ0n) is 14.4. The minimum atomic E-state index is 0.0654. The molecule has 0 aromatic heterocycles. The van der Waals surface area contributed by atoms with Crippen molar-refractivity contribution in [1.82, 2.24) is 0 Å². The van der Waals surface area contributed by atoms with Gasteiger partial charge in [-0.15, -0.1) is 6.58 Å². The van der Waals surface area contributed by atoms with Crippen molar-refractivity contribution >= 4 is 0 Å². The second kappa shape index (κ2) is 15.5. The van der Waals surface area contributed by atoms with Gasteiger partial charge in [-0.3, -0.25) is 0 Å². The van der Waals surface area contributed by atoms with Gasteiger partial charge < -0.3 is 4.74 Å². The lowest BCUT2D eigenvalue weighted by Crippen LogP contribution is -2.21. The Balaban J connectivity index is 2.23. The summed E-state index contributed by atoms with van der Waals surface area (Å²) in [6.07, 6.45) is 18.8. The number of ether oxygens (including phenoxy) is 1. The topological polar surface area (TPSA) is 27.7 Å². The molecule has 3 heteroatoms. The minimum Gasteiger partial charge on any atom is -0.375 e. The van der Waals surface area contributed by atoms with Crippen molar-refractivity contribution < 1.29 is 14.5 Å². The van der Waals surface area contributed by atoms with Crippen molar-refractivity contribution in [3.05, 3.63) is 12.7 Å². The van der Waals surface area contributed by atoms with E-state index in [2.05, 4.69) is 6.58 Å². The van der Waals surface area contributed by atoms with Gasteiger partial charge in [-0.05, 0) is 12.8 Å². The Bertz CT molecular complexity index is 225. The first-order chi connectivity index (χ1) is 10.9. The highest BCUT2D eigenvalue weighted by Crippen LogP contribution is 2.15. The summed E-state index contributed by atoms with van der Waals surface area (Å²) in [6, 6.07) is 0. The van der Waals surface area contributed by atoms with E-state index in [0.29, 0.717) is 19.8 Å². The molecular formula is C19H36O3. The Kier molecular flexibility index (Phi) is 13.9. The summed E-state index contributed by atoms with van der Waals surface area (Å²) < 4.78 is 5.52. The van der Waals surface area contributed by atoms with Crippen molar-refractivity contribution in [2.75, 3.05) is 19.8 Å². The summed E-state index contributed by atoms with van der Waals surface area (Å²) in [5.74, 6) is 0. The first kappa shape index (κ1) is 19.7. The Morgan fingerprint density at radius 3 is 1.95 bits per heavy atom. The Morgan fingerprint density at radius 1 is 0.818 bits per heavy atom. The van der Waals surface area contributed by atoms with E-state index in [1.807, 2.05) is 0 Å². The fourth-order valence-corrected chi connectivity index (χ4v) is 2.89. The SMILES string of the molecule is C=CCOCC1CCCCCCCCCCCCCCOO1. The summed E-state index contributed by atoms with van der Waals surface area (Å²) >= 11 is 0. The van der Waals surface area contributed by atoms with E-state index in [4.69, 9.17) is 14.5 Å². The molecule has 1 fully saturated rings. The maximum atomic E-state index is 5.55. The van der Waals surface area contributed by atoms with E-state index in [0.717, 1.165) is 12.8 Å². The van der Waals surface area contributed by atoms with Gasteiger partial charge in [0.25, 0.3) is 0 Å². The third-order valence-electron chi connectivity index (χ3n) is 4.25. The van der Waals surface area contributed by atoms with Crippen LogP contribution < -0.4 is 0 Å². The van der Waals surface area contributed by atoms with Crippen molar-refractivity contribution in [2.45, 2.75) is 89.6 Å². The van der Waals surface area contributed by atoms with Gasteiger partial charge in [-0.1, -0.05) is 76.7 Å². The highest BCUT2D eigenvalue weighted by Gasteiger charge is 2.10. The molecule has 3 nitrogen and oxygen atoms in total. The van der Waals surface area contributed by atoms with Crippen molar-refractivity contribution in [1.29, 1.82) is 0 Å². The zero-order chi connectivity index (χ0) is 15.7. The molecule has 0 radical (unpaired) electrons. The van der Waals surface area contributed by atoms with Crippen molar-refractivity contribution in [3.63, 3.8) is 0 Å². The van der Waals surface area contributed by atoms with E-state index in [-0.39, 0.29) is 6.10 Å². The van der Waals surface area contributed by atoms with E-state index in [1.54, 1.807) is 6.08 Å². The van der Waals surface area contributed by atoms with Gasteiger partial charge in [0.1, 0.15) is 6.10 Å². The summed E-state index contributed by atoms with van der Waals surface area (Å²) in [7, 11) is 0. The molecule has 1 aliphatic heterocycles. The molecule has 0 saturated carbocycles. The molecule has 130 valence electrons. The molecule has 0 aromatic carbocycles. The normalized spacial score (nSPS) is 24.5. The highest BCUT2D eigenvalue weighted by molar-refractivity contribution is 4.65. The predicted octanol–water partition coefficient (Wildman–Crippen LogP) is 5.59. The van der Waals surface area contributed by atoms with E-state index < -0.39 is 0 Å². The third-order valence-corrected chi connectivity index (χ3v) is 4.25. The van der Waals surface area contributed by atoms with Crippen LogP contribution in [0, 0.1) is 0 Å². The van der Waals surface area contributed by atoms with Crippen LogP contribution in [0.2, 0.25) is 0 Å². The van der Waals surface area contributed by atoms with Crippen LogP contribution in [0.4, 0.5) is 0 Å². The van der Waals surface area contributed by atoms with Crippen molar-refractivity contribution in [3.8, 4) is 0 Å². The van der Waals surface area contributed by atoms with Gasteiger partial charge >= 0.3 is 0 Å². The molecular weight excluding hydrogens is 276 g/mol. The monoisotopic (exact) mass is 312 g/mol. The largest absolute Gasteiger partial charge is 0.375 e. The number of hydrogen-bond donors (Lipinski definition) is 0. The summed E-state index contributed by atoms with van der Waals surface area (Å²) in [5.41, 5.74) is 0. The molecule has 0 spiro atoms. The molecule has 1 atom stereocenters. The van der Waals surface area contributed by atoms with Gasteiger partial charge in [-0.25, -0.2) is 9.78 Å². The lowest BCUT2D eigenvalue weighted by atomic mass is 10.0. The molecule has 0 bridgehead atoms. The van der Waals surface area contributed by atoms with Crippen LogP contribution in [0.1, 0.15) is 83.5 Å². The van der Waals surface area contributed by atoms with Crippen LogP contribution in [0.5, 0.6) is 0 Å². The van der Waals surface area contributed by atoms with Gasteiger partial charge in [0.05, 0.1) is 19.8 Å². The molecule has 0 aliphatic carbocycles. The smallest absolute Gasteiger partial charge is 0.116 e. The van der Waals surface area contributed by atoms with Crippen molar-refractivity contribution in [2.24, 2.45) is 0 Å². The average molecular weight is 312 g/mol. The lowest BCUT2D eigenvalue weighted by Gasteiger charge is -2.16. The third kappa shape index (κ3) is 12.2. The van der Waals surface area contributed by atoms with Crippen LogP contribution in [-0.4, -0.2) is 25.9 Å². The quantitative estimate of drug-likeness (QED) is 0.385. The molecule has 1 saturated heterocycles. The maximum absolute atomic E-state index is 5.55. The summed E-state index contributed by atoms with van der Waals surface area (Å²) in [5, 5.41) is 0. The minimum absolute atomic E-state index is 0.0654.